The number of carbonyl (C=O) groups is 2. The number of pyridine rings is 1. The van der Waals surface area contributed by atoms with Crippen LogP contribution in [0.15, 0.2) is 46.9 Å². The first-order valence-corrected chi connectivity index (χ1v) is 10.4. The molecule has 2 heterocycles. The summed E-state index contributed by atoms with van der Waals surface area (Å²) in [7, 11) is 0. The van der Waals surface area contributed by atoms with Gasteiger partial charge in [0.2, 0.25) is 0 Å². The highest BCUT2D eigenvalue weighted by molar-refractivity contribution is 6.05. The number of hydrogen-bond donors (Lipinski definition) is 1. The predicted octanol–water partition coefficient (Wildman–Crippen LogP) is 4.30. The lowest BCUT2D eigenvalue weighted by atomic mass is 9.83. The molecular formula is C24H23N3O4. The number of rotatable bonds is 5. The molecule has 2 aromatic heterocycles. The van der Waals surface area contributed by atoms with Crippen molar-refractivity contribution in [1.82, 2.24) is 10.3 Å². The first-order valence-electron chi connectivity index (χ1n) is 10.4. The van der Waals surface area contributed by atoms with E-state index in [1.807, 2.05) is 25.1 Å². The lowest BCUT2D eigenvalue weighted by Crippen LogP contribution is -2.50. The summed E-state index contributed by atoms with van der Waals surface area (Å²) >= 11 is 0. The summed E-state index contributed by atoms with van der Waals surface area (Å²) in [5, 5.41) is 12.9. The maximum Gasteiger partial charge on any atom is 0.339 e. The summed E-state index contributed by atoms with van der Waals surface area (Å²) in [4.78, 5) is 29.8. The van der Waals surface area contributed by atoms with Gasteiger partial charge in [-0.05, 0) is 44.0 Å². The van der Waals surface area contributed by atoms with E-state index in [9.17, 15) is 14.9 Å². The van der Waals surface area contributed by atoms with Gasteiger partial charge in [0.15, 0.2) is 12.4 Å². The fourth-order valence-electron chi connectivity index (χ4n) is 3.97. The Bertz CT molecular complexity index is 1170. The monoisotopic (exact) mass is 417 g/mol. The lowest BCUT2D eigenvalue weighted by molar-refractivity contribution is -0.125. The van der Waals surface area contributed by atoms with E-state index in [0.717, 1.165) is 25.0 Å². The molecule has 0 spiro atoms. The van der Waals surface area contributed by atoms with Crippen LogP contribution >= 0.6 is 0 Å². The Morgan fingerprint density at radius 3 is 2.68 bits per heavy atom. The van der Waals surface area contributed by atoms with E-state index < -0.39 is 24.0 Å². The van der Waals surface area contributed by atoms with Crippen molar-refractivity contribution >= 4 is 22.8 Å². The van der Waals surface area contributed by atoms with Gasteiger partial charge in [-0.15, -0.1) is 0 Å². The molecule has 0 unspecified atom stereocenters. The molecule has 1 aliphatic rings. The average molecular weight is 417 g/mol. The fraction of sp³-hybridized carbons (Fsp3) is 0.333. The zero-order valence-corrected chi connectivity index (χ0v) is 17.3. The van der Waals surface area contributed by atoms with Gasteiger partial charge in [-0.3, -0.25) is 4.79 Å². The van der Waals surface area contributed by atoms with Crippen molar-refractivity contribution in [2.75, 3.05) is 6.61 Å². The maximum atomic E-state index is 12.9. The number of para-hydroxylation sites is 1. The van der Waals surface area contributed by atoms with Gasteiger partial charge in [0.25, 0.3) is 5.91 Å². The number of fused-ring (bicyclic) bond motifs is 1. The molecule has 1 saturated carbocycles. The molecule has 0 aliphatic heterocycles. The summed E-state index contributed by atoms with van der Waals surface area (Å²) in [5.41, 5.74) is 0.565. The van der Waals surface area contributed by atoms with Gasteiger partial charge in [-0.2, -0.15) is 5.26 Å². The van der Waals surface area contributed by atoms with Crippen molar-refractivity contribution in [3.8, 4) is 17.5 Å². The minimum atomic E-state index is -0.866. The number of aryl methyl sites for hydroxylation is 1. The van der Waals surface area contributed by atoms with Crippen molar-refractivity contribution in [2.24, 2.45) is 0 Å². The van der Waals surface area contributed by atoms with E-state index in [-0.39, 0.29) is 0 Å². The molecule has 1 fully saturated rings. The van der Waals surface area contributed by atoms with Crippen LogP contribution in [-0.4, -0.2) is 29.0 Å². The number of aromatic nitrogens is 1. The van der Waals surface area contributed by atoms with Crippen LogP contribution in [0.1, 0.15) is 48.2 Å². The SMILES string of the molecule is Cc1ccc(-c2cc(C(=O)OCC(=O)NC3(C#N)CCCCC3)c3ccccc3n2)o1. The lowest BCUT2D eigenvalue weighted by Gasteiger charge is -2.31. The topological polar surface area (TPSA) is 105 Å². The molecule has 7 heteroatoms. The Hall–Kier alpha value is -3.66. The summed E-state index contributed by atoms with van der Waals surface area (Å²) in [6.07, 6.45) is 4.08. The number of ether oxygens (including phenoxy) is 1. The van der Waals surface area contributed by atoms with Crippen LogP contribution in [0.25, 0.3) is 22.4 Å². The second-order valence-electron chi connectivity index (χ2n) is 7.86. The Morgan fingerprint density at radius 2 is 1.97 bits per heavy atom. The molecule has 1 aliphatic carbocycles. The van der Waals surface area contributed by atoms with Crippen molar-refractivity contribution in [1.29, 1.82) is 5.26 Å². The maximum absolute atomic E-state index is 12.9. The molecule has 0 radical (unpaired) electrons. The minimum absolute atomic E-state index is 0.301. The van der Waals surface area contributed by atoms with Gasteiger partial charge in [-0.25, -0.2) is 9.78 Å². The van der Waals surface area contributed by atoms with E-state index in [4.69, 9.17) is 9.15 Å². The van der Waals surface area contributed by atoms with Crippen molar-refractivity contribution in [2.45, 2.75) is 44.6 Å². The van der Waals surface area contributed by atoms with E-state index in [0.29, 0.717) is 40.8 Å². The molecule has 4 rings (SSSR count). The summed E-state index contributed by atoms with van der Waals surface area (Å²) < 4.78 is 11.0. The standard InChI is InChI=1S/C24H23N3O4/c1-16-9-10-21(31-16)20-13-18(17-7-3-4-8-19(17)26-20)23(29)30-14-22(28)27-24(15-25)11-5-2-6-12-24/h3-4,7-10,13H,2,5-6,11-12,14H2,1H3,(H,27,28). The number of nitrogens with zero attached hydrogens (tertiary/aromatic N) is 2. The number of nitriles is 1. The second kappa shape index (κ2) is 8.60. The molecule has 7 nitrogen and oxygen atoms in total. The zero-order chi connectivity index (χ0) is 21.8. The Labute approximate surface area is 180 Å². The Balaban J connectivity index is 1.53. The van der Waals surface area contributed by atoms with E-state index in [2.05, 4.69) is 16.4 Å². The molecular weight excluding hydrogens is 394 g/mol. The summed E-state index contributed by atoms with van der Waals surface area (Å²) in [5.74, 6) is 0.174. The normalized spacial score (nSPS) is 15.2. The van der Waals surface area contributed by atoms with E-state index in [1.54, 1.807) is 24.3 Å². The summed E-state index contributed by atoms with van der Waals surface area (Å²) in [6, 6.07) is 14.7. The van der Waals surface area contributed by atoms with Crippen molar-refractivity contribution in [3.05, 3.63) is 53.8 Å². The van der Waals surface area contributed by atoms with Crippen LogP contribution in [0.3, 0.4) is 0 Å². The van der Waals surface area contributed by atoms with Gasteiger partial charge in [-0.1, -0.05) is 37.5 Å². The van der Waals surface area contributed by atoms with Gasteiger partial charge < -0.3 is 14.5 Å². The highest BCUT2D eigenvalue weighted by Gasteiger charge is 2.33. The second-order valence-corrected chi connectivity index (χ2v) is 7.86. The quantitative estimate of drug-likeness (QED) is 0.621. The van der Waals surface area contributed by atoms with Crippen LogP contribution in [0, 0.1) is 18.3 Å². The molecule has 3 aromatic rings. The Morgan fingerprint density at radius 1 is 1.19 bits per heavy atom. The number of amides is 1. The summed E-state index contributed by atoms with van der Waals surface area (Å²) in [6.45, 7) is 1.38. The third-order valence-corrected chi connectivity index (χ3v) is 5.56. The van der Waals surface area contributed by atoms with E-state index >= 15 is 0 Å². The van der Waals surface area contributed by atoms with E-state index in [1.165, 1.54) is 0 Å². The van der Waals surface area contributed by atoms with Crippen LogP contribution in [0.5, 0.6) is 0 Å². The molecule has 0 saturated heterocycles. The van der Waals surface area contributed by atoms with Crippen molar-refractivity contribution in [3.63, 3.8) is 0 Å². The zero-order valence-electron chi connectivity index (χ0n) is 17.3. The largest absolute Gasteiger partial charge is 0.460 e. The number of esters is 1. The molecule has 158 valence electrons. The van der Waals surface area contributed by atoms with Gasteiger partial charge in [0.1, 0.15) is 17.0 Å². The third-order valence-electron chi connectivity index (χ3n) is 5.56. The molecule has 0 bridgehead atoms. The smallest absolute Gasteiger partial charge is 0.339 e. The van der Waals surface area contributed by atoms with Crippen LogP contribution < -0.4 is 5.32 Å². The molecule has 1 N–H and O–H groups in total. The van der Waals surface area contributed by atoms with Crippen LogP contribution in [-0.2, 0) is 9.53 Å². The number of furan rings is 1. The minimum Gasteiger partial charge on any atom is -0.460 e. The van der Waals surface area contributed by atoms with Gasteiger partial charge in [0, 0.05) is 5.39 Å². The predicted molar refractivity (Wildman–Crippen MR) is 114 cm³/mol. The molecule has 31 heavy (non-hydrogen) atoms. The van der Waals surface area contributed by atoms with Crippen LogP contribution in [0.4, 0.5) is 0 Å². The molecule has 0 atom stereocenters. The highest BCUT2D eigenvalue weighted by Crippen LogP contribution is 2.28. The fourth-order valence-corrected chi connectivity index (χ4v) is 3.97. The molecule has 1 aromatic carbocycles. The first-order chi connectivity index (χ1) is 15.0. The van der Waals surface area contributed by atoms with Crippen molar-refractivity contribution < 1.29 is 18.7 Å². The highest BCUT2D eigenvalue weighted by atomic mass is 16.5. The van der Waals surface area contributed by atoms with Gasteiger partial charge >= 0.3 is 5.97 Å². The number of carbonyl (C=O) groups excluding carboxylic acids is 2. The number of benzene rings is 1. The molecule has 1 amide bonds. The average Bonchev–Trinajstić information content (AvgIpc) is 3.23. The van der Waals surface area contributed by atoms with Gasteiger partial charge in [0.05, 0.1) is 17.1 Å². The number of nitrogens with one attached hydrogen (secondary N) is 1. The van der Waals surface area contributed by atoms with Crippen LogP contribution in [0.2, 0.25) is 0 Å². The third kappa shape index (κ3) is 4.43. The Kier molecular flexibility index (Phi) is 5.72. The first kappa shape index (κ1) is 20.6. The number of hydrogen-bond acceptors (Lipinski definition) is 6.